The van der Waals surface area contributed by atoms with Crippen molar-refractivity contribution in [2.45, 2.75) is 13.2 Å². The van der Waals surface area contributed by atoms with Crippen molar-refractivity contribution in [3.63, 3.8) is 0 Å². The van der Waals surface area contributed by atoms with Crippen molar-refractivity contribution in [2.24, 2.45) is 5.16 Å². The van der Waals surface area contributed by atoms with Crippen LogP contribution in [0, 0.1) is 15.9 Å². The van der Waals surface area contributed by atoms with E-state index in [9.17, 15) is 14.5 Å². The van der Waals surface area contributed by atoms with E-state index in [4.69, 9.17) is 14.3 Å². The molecule has 3 rings (SSSR count). The highest BCUT2D eigenvalue weighted by Crippen LogP contribution is 2.28. The monoisotopic (exact) mass is 410 g/mol. The van der Waals surface area contributed by atoms with Crippen molar-refractivity contribution in [1.29, 1.82) is 0 Å². The number of hydrogen-bond donors (Lipinski definition) is 0. The predicted molar refractivity (Wildman–Crippen MR) is 109 cm³/mol. The van der Waals surface area contributed by atoms with Crippen molar-refractivity contribution in [3.05, 3.63) is 99.4 Å². The summed E-state index contributed by atoms with van der Waals surface area (Å²) in [6, 6.07) is 17.6. The van der Waals surface area contributed by atoms with Gasteiger partial charge >= 0.3 is 0 Å². The first kappa shape index (κ1) is 20.8. The fourth-order valence-corrected chi connectivity index (χ4v) is 2.64. The molecule has 30 heavy (non-hydrogen) atoms. The molecule has 0 heterocycles. The Morgan fingerprint density at radius 3 is 2.50 bits per heavy atom. The predicted octanol–water partition coefficient (Wildman–Crippen LogP) is 4.87. The number of nitrogens with zero attached hydrogens (tertiary/aromatic N) is 2. The van der Waals surface area contributed by atoms with Gasteiger partial charge in [-0.3, -0.25) is 10.1 Å². The van der Waals surface area contributed by atoms with Gasteiger partial charge in [-0.2, -0.15) is 0 Å². The number of oxime groups is 1. The van der Waals surface area contributed by atoms with Crippen LogP contribution in [-0.2, 0) is 18.1 Å². The topological polar surface area (TPSA) is 83.2 Å². The number of nitro benzene ring substituents is 1. The summed E-state index contributed by atoms with van der Waals surface area (Å²) in [7, 11) is 1.52. The Balaban J connectivity index is 1.58. The first-order valence-electron chi connectivity index (χ1n) is 8.99. The molecule has 0 aliphatic heterocycles. The van der Waals surface area contributed by atoms with Crippen LogP contribution in [0.2, 0.25) is 0 Å². The lowest BCUT2D eigenvalue weighted by Gasteiger charge is -2.11. The standard InChI is InChI=1S/C22H19FN2O5/c1-28-22-12-16(8-9-21(22)29-14-17-4-2-6-19(23)10-17)13-24-30-15-18-5-3-7-20(11-18)25(26)27/h2-13H,14-15H2,1H3/b24-13-. The molecular weight excluding hydrogens is 391 g/mol. The number of ether oxygens (including phenoxy) is 2. The molecule has 0 unspecified atom stereocenters. The summed E-state index contributed by atoms with van der Waals surface area (Å²) in [6.07, 6.45) is 1.50. The zero-order valence-corrected chi connectivity index (χ0v) is 16.2. The maximum Gasteiger partial charge on any atom is 0.269 e. The highest BCUT2D eigenvalue weighted by atomic mass is 19.1. The molecule has 0 N–H and O–H groups in total. The first-order chi connectivity index (χ1) is 14.5. The Kier molecular flexibility index (Phi) is 6.94. The van der Waals surface area contributed by atoms with Gasteiger partial charge in [0.05, 0.1) is 18.2 Å². The molecule has 0 saturated carbocycles. The zero-order valence-electron chi connectivity index (χ0n) is 16.2. The molecule has 0 saturated heterocycles. The number of rotatable bonds is 9. The van der Waals surface area contributed by atoms with Gasteiger partial charge in [-0.1, -0.05) is 29.4 Å². The van der Waals surface area contributed by atoms with E-state index in [0.29, 0.717) is 28.2 Å². The molecule has 0 bridgehead atoms. The Morgan fingerprint density at radius 1 is 1.00 bits per heavy atom. The van der Waals surface area contributed by atoms with Crippen LogP contribution in [0.1, 0.15) is 16.7 Å². The van der Waals surface area contributed by atoms with E-state index in [1.165, 1.54) is 37.6 Å². The molecule has 0 fully saturated rings. The Hall–Kier alpha value is -3.94. The van der Waals surface area contributed by atoms with E-state index >= 15 is 0 Å². The summed E-state index contributed by atoms with van der Waals surface area (Å²) in [5, 5.41) is 14.7. The Bertz CT molecular complexity index is 1060. The summed E-state index contributed by atoms with van der Waals surface area (Å²) in [6.45, 7) is 0.304. The van der Waals surface area contributed by atoms with E-state index in [2.05, 4.69) is 5.16 Å². The average molecular weight is 410 g/mol. The van der Waals surface area contributed by atoms with Gasteiger partial charge in [0, 0.05) is 17.7 Å². The number of nitro groups is 1. The second kappa shape index (κ2) is 10.0. The van der Waals surface area contributed by atoms with Crippen LogP contribution in [0.15, 0.2) is 71.9 Å². The maximum absolute atomic E-state index is 13.3. The van der Waals surface area contributed by atoms with Crippen LogP contribution in [0.4, 0.5) is 10.1 Å². The minimum atomic E-state index is -0.461. The Labute approximate surface area is 172 Å². The van der Waals surface area contributed by atoms with E-state index in [0.717, 1.165) is 0 Å². The zero-order chi connectivity index (χ0) is 21.3. The molecule has 0 aliphatic rings. The lowest BCUT2D eigenvalue weighted by Crippen LogP contribution is -1.99. The summed E-state index contributed by atoms with van der Waals surface area (Å²) in [5.74, 6) is 0.685. The minimum absolute atomic E-state index is 0.00125. The van der Waals surface area contributed by atoms with E-state index in [1.807, 2.05) is 0 Å². The van der Waals surface area contributed by atoms with Gasteiger partial charge in [-0.15, -0.1) is 0 Å². The molecule has 0 spiro atoms. The van der Waals surface area contributed by atoms with Crippen LogP contribution < -0.4 is 9.47 Å². The molecule has 0 radical (unpaired) electrons. The summed E-state index contributed by atoms with van der Waals surface area (Å²) in [5.41, 5.74) is 2.06. The van der Waals surface area contributed by atoms with Crippen LogP contribution in [0.3, 0.4) is 0 Å². The van der Waals surface area contributed by atoms with Crippen LogP contribution in [-0.4, -0.2) is 18.2 Å². The van der Waals surface area contributed by atoms with Gasteiger partial charge in [0.2, 0.25) is 0 Å². The van der Waals surface area contributed by atoms with Crippen LogP contribution >= 0.6 is 0 Å². The average Bonchev–Trinajstić information content (AvgIpc) is 2.76. The van der Waals surface area contributed by atoms with Gasteiger partial charge in [-0.25, -0.2) is 4.39 Å². The second-order valence-electron chi connectivity index (χ2n) is 6.26. The normalized spacial score (nSPS) is 10.7. The highest BCUT2D eigenvalue weighted by molar-refractivity contribution is 5.80. The summed E-state index contributed by atoms with van der Waals surface area (Å²) >= 11 is 0. The minimum Gasteiger partial charge on any atom is -0.493 e. The highest BCUT2D eigenvalue weighted by Gasteiger charge is 2.07. The van der Waals surface area contributed by atoms with Crippen molar-refractivity contribution >= 4 is 11.9 Å². The fourth-order valence-electron chi connectivity index (χ4n) is 2.64. The first-order valence-corrected chi connectivity index (χ1v) is 8.99. The van der Waals surface area contributed by atoms with Crippen molar-refractivity contribution in [2.75, 3.05) is 7.11 Å². The van der Waals surface area contributed by atoms with Crippen LogP contribution in [0.25, 0.3) is 0 Å². The molecular formula is C22H19FN2O5. The largest absolute Gasteiger partial charge is 0.493 e. The third kappa shape index (κ3) is 5.78. The van der Waals surface area contributed by atoms with Gasteiger partial charge < -0.3 is 14.3 Å². The van der Waals surface area contributed by atoms with Gasteiger partial charge in [-0.05, 0) is 41.5 Å². The maximum atomic E-state index is 13.3. The number of methoxy groups -OCH3 is 1. The summed E-state index contributed by atoms with van der Waals surface area (Å²) < 4.78 is 24.3. The fraction of sp³-hybridized carbons (Fsp3) is 0.136. The third-order valence-corrected chi connectivity index (χ3v) is 4.10. The van der Waals surface area contributed by atoms with Crippen LogP contribution in [0.5, 0.6) is 11.5 Å². The number of benzene rings is 3. The van der Waals surface area contributed by atoms with Gasteiger partial charge in [0.15, 0.2) is 11.5 Å². The van der Waals surface area contributed by atoms with Gasteiger partial charge in [0.25, 0.3) is 5.69 Å². The lowest BCUT2D eigenvalue weighted by molar-refractivity contribution is -0.384. The van der Waals surface area contributed by atoms with E-state index in [-0.39, 0.29) is 24.7 Å². The number of halogens is 1. The molecule has 0 atom stereocenters. The number of non-ortho nitro benzene ring substituents is 1. The molecule has 0 aromatic heterocycles. The van der Waals surface area contributed by atoms with Crippen molar-refractivity contribution < 1.29 is 23.6 Å². The third-order valence-electron chi connectivity index (χ3n) is 4.10. The van der Waals surface area contributed by atoms with E-state index < -0.39 is 4.92 Å². The Morgan fingerprint density at radius 2 is 1.77 bits per heavy atom. The molecule has 3 aromatic carbocycles. The molecule has 3 aromatic rings. The molecule has 0 amide bonds. The lowest BCUT2D eigenvalue weighted by atomic mass is 10.2. The SMILES string of the molecule is COc1cc(/C=N\OCc2cccc([N+](=O)[O-])c2)ccc1OCc1cccc(F)c1. The quantitative estimate of drug-likeness (QED) is 0.285. The second-order valence-corrected chi connectivity index (χ2v) is 6.26. The smallest absolute Gasteiger partial charge is 0.269 e. The molecule has 154 valence electrons. The number of hydrogen-bond acceptors (Lipinski definition) is 6. The molecule has 7 nitrogen and oxygen atoms in total. The van der Waals surface area contributed by atoms with E-state index in [1.54, 1.807) is 42.5 Å². The van der Waals surface area contributed by atoms with Gasteiger partial charge in [0.1, 0.15) is 19.0 Å². The van der Waals surface area contributed by atoms with Crippen molar-refractivity contribution in [3.8, 4) is 11.5 Å². The molecule has 8 heteroatoms. The van der Waals surface area contributed by atoms with Crippen molar-refractivity contribution in [1.82, 2.24) is 0 Å². The molecule has 0 aliphatic carbocycles. The summed E-state index contributed by atoms with van der Waals surface area (Å²) in [4.78, 5) is 15.6.